The maximum atomic E-state index is 11.2. The van der Waals surface area contributed by atoms with Crippen molar-refractivity contribution in [2.24, 2.45) is 5.73 Å². The second-order valence-corrected chi connectivity index (χ2v) is 5.14. The lowest BCUT2D eigenvalue weighted by Crippen LogP contribution is -2.37. The second-order valence-electron chi connectivity index (χ2n) is 2.91. The van der Waals surface area contributed by atoms with E-state index in [0.29, 0.717) is 6.42 Å². The second kappa shape index (κ2) is 5.18. The summed E-state index contributed by atoms with van der Waals surface area (Å²) in [6.07, 6.45) is 1.32. The van der Waals surface area contributed by atoms with E-state index in [1.165, 1.54) is 0 Å². The van der Waals surface area contributed by atoms with E-state index in [2.05, 4.69) is 0 Å². The van der Waals surface area contributed by atoms with Gasteiger partial charge in [-0.05, 0) is 6.42 Å². The van der Waals surface area contributed by atoms with Crippen molar-refractivity contribution in [3.8, 4) is 0 Å². The van der Waals surface area contributed by atoms with E-state index < -0.39 is 27.6 Å². The molecular formula is C7H15NO4S. The van der Waals surface area contributed by atoms with E-state index in [0.717, 1.165) is 6.42 Å². The van der Waals surface area contributed by atoms with Crippen molar-refractivity contribution in [3.05, 3.63) is 0 Å². The number of carboxylic acids is 1. The van der Waals surface area contributed by atoms with Gasteiger partial charge in [0.25, 0.3) is 0 Å². The SMILES string of the molecule is CCCCS(=O)(=O)CC(N)C(=O)O. The van der Waals surface area contributed by atoms with Gasteiger partial charge in [0.1, 0.15) is 6.04 Å². The van der Waals surface area contributed by atoms with E-state index in [-0.39, 0.29) is 5.75 Å². The molecule has 0 aromatic rings. The third-order valence-corrected chi connectivity index (χ3v) is 3.34. The molecule has 78 valence electrons. The number of carboxylic acid groups (broad SMARTS) is 1. The third-order valence-electron chi connectivity index (χ3n) is 1.56. The molecule has 0 aromatic heterocycles. The van der Waals surface area contributed by atoms with Crippen molar-refractivity contribution in [1.29, 1.82) is 0 Å². The molecule has 0 saturated carbocycles. The van der Waals surface area contributed by atoms with E-state index in [1.54, 1.807) is 0 Å². The zero-order chi connectivity index (χ0) is 10.5. The van der Waals surface area contributed by atoms with Gasteiger partial charge in [0.05, 0.1) is 11.5 Å². The van der Waals surface area contributed by atoms with Crippen LogP contribution in [0.3, 0.4) is 0 Å². The van der Waals surface area contributed by atoms with Gasteiger partial charge < -0.3 is 10.8 Å². The average Bonchev–Trinajstić information content (AvgIpc) is 2.00. The van der Waals surface area contributed by atoms with Crippen LogP contribution in [0.15, 0.2) is 0 Å². The topological polar surface area (TPSA) is 97.5 Å². The molecule has 0 rings (SSSR count). The first-order valence-electron chi connectivity index (χ1n) is 4.08. The zero-order valence-electron chi connectivity index (χ0n) is 7.56. The summed E-state index contributed by atoms with van der Waals surface area (Å²) >= 11 is 0. The maximum Gasteiger partial charge on any atom is 0.321 e. The van der Waals surface area contributed by atoms with Crippen LogP contribution in [0.25, 0.3) is 0 Å². The van der Waals surface area contributed by atoms with Gasteiger partial charge in [-0.25, -0.2) is 8.42 Å². The van der Waals surface area contributed by atoms with Crippen molar-refractivity contribution < 1.29 is 18.3 Å². The van der Waals surface area contributed by atoms with Gasteiger partial charge in [0, 0.05) is 0 Å². The summed E-state index contributed by atoms with van der Waals surface area (Å²) in [7, 11) is -3.29. The van der Waals surface area contributed by atoms with Crippen molar-refractivity contribution in [2.75, 3.05) is 11.5 Å². The van der Waals surface area contributed by atoms with Crippen LogP contribution < -0.4 is 5.73 Å². The quantitative estimate of drug-likeness (QED) is 0.621. The third kappa shape index (κ3) is 5.59. The Bertz CT molecular complexity index is 260. The monoisotopic (exact) mass is 209 g/mol. The summed E-state index contributed by atoms with van der Waals surface area (Å²) < 4.78 is 22.3. The van der Waals surface area contributed by atoms with Crippen LogP contribution in [0.2, 0.25) is 0 Å². The number of rotatable bonds is 6. The van der Waals surface area contributed by atoms with Gasteiger partial charge in [-0.3, -0.25) is 4.79 Å². The van der Waals surface area contributed by atoms with Crippen molar-refractivity contribution in [3.63, 3.8) is 0 Å². The standard InChI is InChI=1S/C7H15NO4S/c1-2-3-4-13(11,12)5-6(8)7(9)10/h6H,2-5,8H2,1H3,(H,9,10). The lowest BCUT2D eigenvalue weighted by molar-refractivity contribution is -0.137. The summed E-state index contributed by atoms with van der Waals surface area (Å²) in [5, 5.41) is 8.38. The van der Waals surface area contributed by atoms with Gasteiger partial charge in [-0.15, -0.1) is 0 Å². The minimum absolute atomic E-state index is 0.0183. The van der Waals surface area contributed by atoms with Gasteiger partial charge in [0.15, 0.2) is 9.84 Å². The number of hydrogen-bond acceptors (Lipinski definition) is 4. The molecule has 6 heteroatoms. The summed E-state index contributed by atoms with van der Waals surface area (Å²) in [4.78, 5) is 10.3. The first-order valence-corrected chi connectivity index (χ1v) is 5.90. The Hall–Kier alpha value is -0.620. The van der Waals surface area contributed by atoms with Gasteiger partial charge in [0.2, 0.25) is 0 Å². The molecule has 0 radical (unpaired) electrons. The number of aliphatic carboxylic acids is 1. The Kier molecular flexibility index (Phi) is 4.94. The van der Waals surface area contributed by atoms with Crippen LogP contribution in [-0.2, 0) is 14.6 Å². The molecule has 1 atom stereocenters. The first-order chi connectivity index (χ1) is 5.89. The Morgan fingerprint density at radius 3 is 2.46 bits per heavy atom. The fourth-order valence-electron chi connectivity index (χ4n) is 0.792. The van der Waals surface area contributed by atoms with E-state index in [9.17, 15) is 13.2 Å². The average molecular weight is 209 g/mol. The fourth-order valence-corrected chi connectivity index (χ4v) is 2.38. The predicted molar refractivity (Wildman–Crippen MR) is 49.2 cm³/mol. The summed E-state index contributed by atoms with van der Waals surface area (Å²) in [5.74, 6) is -1.73. The summed E-state index contributed by atoms with van der Waals surface area (Å²) in [6.45, 7) is 1.87. The van der Waals surface area contributed by atoms with Crippen molar-refractivity contribution in [2.45, 2.75) is 25.8 Å². The minimum atomic E-state index is -3.29. The normalized spacial score (nSPS) is 14.0. The highest BCUT2D eigenvalue weighted by atomic mass is 32.2. The van der Waals surface area contributed by atoms with Gasteiger partial charge >= 0.3 is 5.97 Å². The zero-order valence-corrected chi connectivity index (χ0v) is 8.38. The number of nitrogens with two attached hydrogens (primary N) is 1. The molecule has 0 aromatic carbocycles. The molecule has 13 heavy (non-hydrogen) atoms. The van der Waals surface area contributed by atoms with E-state index >= 15 is 0 Å². The molecular weight excluding hydrogens is 194 g/mol. The fraction of sp³-hybridized carbons (Fsp3) is 0.857. The van der Waals surface area contributed by atoms with Gasteiger partial charge in [-0.2, -0.15) is 0 Å². The van der Waals surface area contributed by atoms with Crippen molar-refractivity contribution >= 4 is 15.8 Å². The summed E-state index contributed by atoms with van der Waals surface area (Å²) in [6, 6.07) is -1.30. The van der Waals surface area contributed by atoms with Crippen LogP contribution in [0, 0.1) is 0 Å². The van der Waals surface area contributed by atoms with Gasteiger partial charge in [-0.1, -0.05) is 13.3 Å². The lowest BCUT2D eigenvalue weighted by atomic mass is 10.4. The molecule has 0 saturated heterocycles. The Balaban J connectivity index is 4.10. The van der Waals surface area contributed by atoms with Crippen LogP contribution in [0.1, 0.15) is 19.8 Å². The molecule has 0 spiro atoms. The summed E-state index contributed by atoms with van der Waals surface area (Å²) in [5.41, 5.74) is 5.10. The predicted octanol–water partition coefficient (Wildman–Crippen LogP) is -0.387. The Morgan fingerprint density at radius 2 is 2.08 bits per heavy atom. The molecule has 0 aliphatic carbocycles. The number of sulfone groups is 1. The van der Waals surface area contributed by atoms with E-state index in [1.807, 2.05) is 6.92 Å². The van der Waals surface area contributed by atoms with Crippen LogP contribution in [0.4, 0.5) is 0 Å². The molecule has 0 aliphatic rings. The minimum Gasteiger partial charge on any atom is -0.480 e. The van der Waals surface area contributed by atoms with Crippen LogP contribution >= 0.6 is 0 Å². The molecule has 1 unspecified atom stereocenters. The number of carbonyl (C=O) groups is 1. The lowest BCUT2D eigenvalue weighted by Gasteiger charge is -2.06. The molecule has 0 amide bonds. The largest absolute Gasteiger partial charge is 0.480 e. The molecule has 0 bridgehead atoms. The van der Waals surface area contributed by atoms with E-state index in [4.69, 9.17) is 10.8 Å². The molecule has 0 fully saturated rings. The molecule has 5 nitrogen and oxygen atoms in total. The van der Waals surface area contributed by atoms with Crippen LogP contribution in [-0.4, -0.2) is 37.0 Å². The highest BCUT2D eigenvalue weighted by Crippen LogP contribution is 1.98. The first kappa shape index (κ1) is 12.4. The smallest absolute Gasteiger partial charge is 0.321 e. The number of unbranched alkanes of at least 4 members (excludes halogenated alkanes) is 1. The Labute approximate surface area is 77.8 Å². The Morgan fingerprint density at radius 1 is 1.54 bits per heavy atom. The van der Waals surface area contributed by atoms with Crippen LogP contribution in [0.5, 0.6) is 0 Å². The highest BCUT2D eigenvalue weighted by molar-refractivity contribution is 7.91. The number of hydrogen-bond donors (Lipinski definition) is 2. The maximum absolute atomic E-state index is 11.2. The molecule has 0 heterocycles. The molecule has 0 aliphatic heterocycles. The molecule has 3 N–H and O–H groups in total. The highest BCUT2D eigenvalue weighted by Gasteiger charge is 2.20. The van der Waals surface area contributed by atoms with Crippen molar-refractivity contribution in [1.82, 2.24) is 0 Å².